The van der Waals surface area contributed by atoms with Gasteiger partial charge in [0.1, 0.15) is 0 Å². The first-order valence-corrected chi connectivity index (χ1v) is 7.83. The average Bonchev–Trinajstić information content (AvgIpc) is 3.35. The molecule has 1 aliphatic carbocycles. The van der Waals surface area contributed by atoms with E-state index in [-0.39, 0.29) is 38.4 Å². The van der Waals surface area contributed by atoms with Gasteiger partial charge in [0.05, 0.1) is 34.1 Å². The van der Waals surface area contributed by atoms with Crippen molar-refractivity contribution in [3.63, 3.8) is 0 Å². The molecule has 3 N–H and O–H groups in total. The van der Waals surface area contributed by atoms with E-state index >= 15 is 0 Å². The number of esters is 1. The fraction of sp³-hybridized carbons (Fsp3) is 0.188. The molecule has 0 unspecified atom stereocenters. The number of amides is 1. The fourth-order valence-electron chi connectivity index (χ4n) is 2.49. The summed E-state index contributed by atoms with van der Waals surface area (Å²) in [5.41, 5.74) is 1.19. The molecule has 1 aromatic carbocycles. The molecule has 0 atom stereocenters. The molecule has 0 radical (unpaired) electrons. The Morgan fingerprint density at radius 2 is 1.88 bits per heavy atom. The molecule has 1 heterocycles. The van der Waals surface area contributed by atoms with Gasteiger partial charge in [-0.25, -0.2) is 9.78 Å². The van der Waals surface area contributed by atoms with Gasteiger partial charge in [0.2, 0.25) is 5.91 Å². The third-order valence-corrected chi connectivity index (χ3v) is 4.53. The number of fused-ring (bicyclic) bond motifs is 1. The van der Waals surface area contributed by atoms with Gasteiger partial charge in [0.25, 0.3) is 0 Å². The molecule has 7 nitrogen and oxygen atoms in total. The molecular weight excluding hydrogens is 371 g/mol. The number of benzene rings is 1. The highest BCUT2D eigenvalue weighted by molar-refractivity contribution is 6.37. The lowest BCUT2D eigenvalue weighted by atomic mass is 10.1. The van der Waals surface area contributed by atoms with Gasteiger partial charge in [-0.1, -0.05) is 23.2 Å². The maximum absolute atomic E-state index is 11.9. The molecule has 0 saturated carbocycles. The maximum atomic E-state index is 11.9. The van der Waals surface area contributed by atoms with Gasteiger partial charge in [-0.15, -0.1) is 0 Å². The van der Waals surface area contributed by atoms with Crippen molar-refractivity contribution in [2.45, 2.75) is 13.3 Å². The Balaban J connectivity index is 2.28. The van der Waals surface area contributed by atoms with Crippen LogP contribution in [0.5, 0.6) is 11.5 Å². The zero-order chi connectivity index (χ0) is 18.5. The van der Waals surface area contributed by atoms with Crippen LogP contribution in [0.25, 0.3) is 11.3 Å². The number of nitrogens with one attached hydrogen (secondary N) is 1. The minimum atomic E-state index is -0.829. The summed E-state index contributed by atoms with van der Waals surface area (Å²) in [6.45, 7) is 1.27. The van der Waals surface area contributed by atoms with E-state index in [2.05, 4.69) is 15.0 Å². The highest BCUT2D eigenvalue weighted by Crippen LogP contribution is 2.53. The quantitative estimate of drug-likeness (QED) is 0.474. The monoisotopic (exact) mass is 382 g/mol. The lowest BCUT2D eigenvalue weighted by Crippen LogP contribution is -2.12. The minimum Gasteiger partial charge on any atom is -0.504 e. The SMILES string of the molecule is COC(=O)c1nc(-c2c(O)c(O)c3c(c2Cl)C3)cc(NC(C)=O)c1Cl. The summed E-state index contributed by atoms with van der Waals surface area (Å²) in [5.74, 6) is -1.99. The van der Waals surface area contributed by atoms with E-state index in [4.69, 9.17) is 23.2 Å². The van der Waals surface area contributed by atoms with Crippen LogP contribution in [0.3, 0.4) is 0 Å². The first kappa shape index (κ1) is 17.3. The van der Waals surface area contributed by atoms with Crippen LogP contribution in [0.1, 0.15) is 28.5 Å². The van der Waals surface area contributed by atoms with Crippen molar-refractivity contribution in [2.75, 3.05) is 12.4 Å². The second-order valence-electron chi connectivity index (χ2n) is 5.41. The van der Waals surface area contributed by atoms with Crippen LogP contribution in [0, 0.1) is 0 Å². The minimum absolute atomic E-state index is 0.0452. The van der Waals surface area contributed by atoms with Gasteiger partial charge in [0, 0.05) is 18.9 Å². The Labute approximate surface area is 152 Å². The third kappa shape index (κ3) is 2.85. The number of phenolic OH excluding ortho intramolecular Hbond substituents is 2. The van der Waals surface area contributed by atoms with Gasteiger partial charge in [-0.3, -0.25) is 4.79 Å². The summed E-state index contributed by atoms with van der Waals surface area (Å²) in [5, 5.41) is 22.8. The maximum Gasteiger partial charge on any atom is 0.358 e. The zero-order valence-corrected chi connectivity index (χ0v) is 14.6. The van der Waals surface area contributed by atoms with Crippen molar-refractivity contribution in [1.29, 1.82) is 0 Å². The second kappa shape index (κ2) is 6.09. The Hall–Kier alpha value is -2.51. The summed E-state index contributed by atoms with van der Waals surface area (Å²) >= 11 is 12.4. The fourth-order valence-corrected chi connectivity index (χ4v) is 3.08. The van der Waals surface area contributed by atoms with Crippen molar-refractivity contribution in [1.82, 2.24) is 4.98 Å². The molecule has 0 spiro atoms. The lowest BCUT2D eigenvalue weighted by molar-refractivity contribution is -0.114. The summed E-state index contributed by atoms with van der Waals surface area (Å²) in [7, 11) is 1.16. The summed E-state index contributed by atoms with van der Waals surface area (Å²) in [6.07, 6.45) is 0.453. The highest BCUT2D eigenvalue weighted by Gasteiger charge is 2.33. The number of phenols is 2. The number of nitrogens with zero attached hydrogens (tertiary/aromatic N) is 1. The number of hydrogen-bond acceptors (Lipinski definition) is 6. The molecule has 1 aromatic heterocycles. The Kier molecular flexibility index (Phi) is 4.22. The van der Waals surface area contributed by atoms with E-state index in [1.165, 1.54) is 13.0 Å². The van der Waals surface area contributed by atoms with E-state index in [1.807, 2.05) is 0 Å². The molecule has 0 bridgehead atoms. The van der Waals surface area contributed by atoms with Gasteiger partial charge >= 0.3 is 5.97 Å². The number of pyridine rings is 1. The Bertz CT molecular complexity index is 943. The number of carbonyl (C=O) groups is 2. The van der Waals surface area contributed by atoms with Crippen LogP contribution < -0.4 is 5.32 Å². The summed E-state index contributed by atoms with van der Waals surface area (Å²) in [4.78, 5) is 27.4. The van der Waals surface area contributed by atoms with Crippen LogP contribution in [0.4, 0.5) is 5.69 Å². The number of rotatable bonds is 3. The van der Waals surface area contributed by atoms with E-state index in [1.54, 1.807) is 0 Å². The van der Waals surface area contributed by atoms with Crippen molar-refractivity contribution in [3.8, 4) is 22.8 Å². The number of hydrogen-bond donors (Lipinski definition) is 3. The van der Waals surface area contributed by atoms with Gasteiger partial charge in [-0.05, 0) is 11.6 Å². The predicted octanol–water partition coefficient (Wildman–Crippen LogP) is 3.12. The molecule has 1 aliphatic rings. The van der Waals surface area contributed by atoms with Crippen LogP contribution in [-0.2, 0) is 16.0 Å². The van der Waals surface area contributed by atoms with E-state index in [0.29, 0.717) is 17.5 Å². The third-order valence-electron chi connectivity index (χ3n) is 3.73. The van der Waals surface area contributed by atoms with Crippen molar-refractivity contribution in [3.05, 3.63) is 32.9 Å². The molecule has 9 heteroatoms. The van der Waals surface area contributed by atoms with Crippen LogP contribution in [0.15, 0.2) is 6.07 Å². The number of aromatic nitrogens is 1. The molecule has 3 rings (SSSR count). The summed E-state index contributed by atoms with van der Waals surface area (Å²) in [6, 6.07) is 1.35. The number of aromatic hydroxyl groups is 2. The number of anilines is 1. The van der Waals surface area contributed by atoms with Gasteiger partial charge < -0.3 is 20.3 Å². The molecule has 0 aliphatic heterocycles. The predicted molar refractivity (Wildman–Crippen MR) is 91.5 cm³/mol. The van der Waals surface area contributed by atoms with Crippen LogP contribution in [0.2, 0.25) is 10.0 Å². The van der Waals surface area contributed by atoms with Gasteiger partial charge in [-0.2, -0.15) is 0 Å². The van der Waals surface area contributed by atoms with Gasteiger partial charge in [0.15, 0.2) is 17.2 Å². The normalized spacial score (nSPS) is 11.7. The molecule has 0 fully saturated rings. The van der Waals surface area contributed by atoms with E-state index < -0.39 is 17.6 Å². The topological polar surface area (TPSA) is 109 Å². The summed E-state index contributed by atoms with van der Waals surface area (Å²) < 4.78 is 4.64. The lowest BCUT2D eigenvalue weighted by Gasteiger charge is -2.13. The number of methoxy groups -OCH3 is 1. The second-order valence-corrected chi connectivity index (χ2v) is 6.17. The molecule has 130 valence electrons. The largest absolute Gasteiger partial charge is 0.504 e. The first-order chi connectivity index (χ1) is 11.8. The number of halogens is 2. The molecule has 2 aromatic rings. The highest BCUT2D eigenvalue weighted by atomic mass is 35.5. The number of carbonyl (C=O) groups excluding carboxylic acids is 2. The Morgan fingerprint density at radius 1 is 1.20 bits per heavy atom. The van der Waals surface area contributed by atoms with Crippen molar-refractivity contribution >= 4 is 40.8 Å². The Morgan fingerprint density at radius 3 is 2.48 bits per heavy atom. The molecule has 1 amide bonds. The average molecular weight is 383 g/mol. The molecule has 25 heavy (non-hydrogen) atoms. The molecular formula is C16H12Cl2N2O5. The van der Waals surface area contributed by atoms with Crippen LogP contribution >= 0.6 is 23.2 Å². The van der Waals surface area contributed by atoms with Crippen molar-refractivity contribution in [2.24, 2.45) is 0 Å². The van der Waals surface area contributed by atoms with Crippen molar-refractivity contribution < 1.29 is 24.5 Å². The smallest absolute Gasteiger partial charge is 0.358 e. The zero-order valence-electron chi connectivity index (χ0n) is 13.1. The van der Waals surface area contributed by atoms with E-state index in [9.17, 15) is 19.8 Å². The standard InChI is InChI=1S/C16H12Cl2N2O5/c1-5(21)19-9-4-8(20-13(12(9)18)16(24)25-2)10-11(17)6-3-7(6)14(22)15(10)23/h4,22-23H,3H2,1-2H3,(H,19,20,21). The molecule has 0 saturated heterocycles. The van der Waals surface area contributed by atoms with E-state index in [0.717, 1.165) is 7.11 Å². The van der Waals surface area contributed by atoms with Crippen LogP contribution in [-0.4, -0.2) is 34.2 Å². The first-order valence-electron chi connectivity index (χ1n) is 7.08. The number of ether oxygens (including phenoxy) is 1.